The Kier molecular flexibility index (Phi) is 4.03. The number of carboxylic acid groups (broad SMARTS) is 1. The highest BCUT2D eigenvalue weighted by atomic mass is 19.4. The number of carbonyl (C=O) groups is 1. The van der Waals surface area contributed by atoms with Crippen molar-refractivity contribution < 1.29 is 32.2 Å². The predicted octanol–water partition coefficient (Wildman–Crippen LogP) is 3.61. The van der Waals surface area contributed by atoms with Crippen LogP contribution in [0.3, 0.4) is 0 Å². The number of nitrogens with zero attached hydrogens (tertiary/aromatic N) is 1. The smallest absolute Gasteiger partial charge is 0.419 e. The van der Waals surface area contributed by atoms with Crippen LogP contribution in [0.25, 0.3) is 11.1 Å². The van der Waals surface area contributed by atoms with Gasteiger partial charge < -0.3 is 9.84 Å². The van der Waals surface area contributed by atoms with Gasteiger partial charge in [-0.2, -0.15) is 13.2 Å². The van der Waals surface area contributed by atoms with Gasteiger partial charge in [-0.3, -0.25) is 0 Å². The SMILES string of the molecule is COc1ncc(-c2ccc(F)c(C(F)(F)F)c2)cc1C(=O)O. The maximum Gasteiger partial charge on any atom is 0.419 e. The molecule has 0 aliphatic carbocycles. The Morgan fingerprint density at radius 1 is 1.23 bits per heavy atom. The van der Waals surface area contributed by atoms with Crippen molar-refractivity contribution in [1.82, 2.24) is 4.98 Å². The van der Waals surface area contributed by atoms with E-state index in [9.17, 15) is 22.4 Å². The molecule has 0 saturated heterocycles. The van der Waals surface area contributed by atoms with Crippen LogP contribution in [-0.4, -0.2) is 23.2 Å². The van der Waals surface area contributed by atoms with E-state index in [0.717, 1.165) is 18.3 Å². The van der Waals surface area contributed by atoms with Gasteiger partial charge in [-0.05, 0) is 23.8 Å². The highest BCUT2D eigenvalue weighted by Gasteiger charge is 2.34. The molecule has 1 heterocycles. The molecular weight excluding hydrogens is 306 g/mol. The molecule has 0 radical (unpaired) electrons. The number of carboxylic acids is 1. The summed E-state index contributed by atoms with van der Waals surface area (Å²) < 4.78 is 56.1. The van der Waals surface area contributed by atoms with E-state index in [0.29, 0.717) is 12.1 Å². The highest BCUT2D eigenvalue weighted by Crippen LogP contribution is 2.34. The fraction of sp³-hybridized carbons (Fsp3) is 0.143. The second kappa shape index (κ2) is 5.63. The number of alkyl halides is 3. The van der Waals surface area contributed by atoms with Crippen LogP contribution in [-0.2, 0) is 6.18 Å². The minimum absolute atomic E-state index is 0.00798. The van der Waals surface area contributed by atoms with E-state index in [1.54, 1.807) is 0 Å². The minimum Gasteiger partial charge on any atom is -0.480 e. The first-order valence-corrected chi connectivity index (χ1v) is 5.88. The second-order valence-electron chi connectivity index (χ2n) is 4.28. The molecule has 0 amide bonds. The van der Waals surface area contributed by atoms with Gasteiger partial charge in [0.25, 0.3) is 0 Å². The maximum absolute atomic E-state index is 13.3. The Morgan fingerprint density at radius 2 is 1.91 bits per heavy atom. The van der Waals surface area contributed by atoms with E-state index in [-0.39, 0.29) is 22.6 Å². The van der Waals surface area contributed by atoms with Crippen molar-refractivity contribution in [1.29, 1.82) is 0 Å². The molecule has 0 fully saturated rings. The lowest BCUT2D eigenvalue weighted by atomic mass is 10.0. The zero-order chi connectivity index (χ0) is 16.5. The summed E-state index contributed by atoms with van der Waals surface area (Å²) in [5.41, 5.74) is -1.65. The van der Waals surface area contributed by atoms with Crippen molar-refractivity contribution in [3.8, 4) is 17.0 Å². The first-order valence-electron chi connectivity index (χ1n) is 5.88. The molecule has 1 N–H and O–H groups in total. The maximum atomic E-state index is 13.3. The van der Waals surface area contributed by atoms with Crippen LogP contribution in [0, 0.1) is 5.82 Å². The van der Waals surface area contributed by atoms with E-state index in [1.165, 1.54) is 7.11 Å². The van der Waals surface area contributed by atoms with Crippen molar-refractivity contribution in [2.75, 3.05) is 7.11 Å². The molecule has 0 spiro atoms. The summed E-state index contributed by atoms with van der Waals surface area (Å²) >= 11 is 0. The molecule has 116 valence electrons. The van der Waals surface area contributed by atoms with Crippen molar-refractivity contribution in [3.05, 3.63) is 47.4 Å². The number of benzene rings is 1. The number of halogens is 4. The zero-order valence-corrected chi connectivity index (χ0v) is 11.1. The van der Waals surface area contributed by atoms with E-state index in [1.807, 2.05) is 0 Å². The van der Waals surface area contributed by atoms with E-state index in [2.05, 4.69) is 4.98 Å². The average Bonchev–Trinajstić information content (AvgIpc) is 2.45. The van der Waals surface area contributed by atoms with Crippen LogP contribution in [0.2, 0.25) is 0 Å². The summed E-state index contributed by atoms with van der Waals surface area (Å²) in [6, 6.07) is 3.49. The minimum atomic E-state index is -4.85. The third kappa shape index (κ3) is 3.00. The number of pyridine rings is 1. The molecule has 8 heteroatoms. The highest BCUT2D eigenvalue weighted by molar-refractivity contribution is 5.91. The van der Waals surface area contributed by atoms with Crippen molar-refractivity contribution in [3.63, 3.8) is 0 Å². The van der Waals surface area contributed by atoms with Gasteiger partial charge in [-0.1, -0.05) is 6.07 Å². The average molecular weight is 315 g/mol. The van der Waals surface area contributed by atoms with Gasteiger partial charge in [0.2, 0.25) is 5.88 Å². The molecule has 0 saturated carbocycles. The van der Waals surface area contributed by atoms with Gasteiger partial charge in [0.05, 0.1) is 12.7 Å². The number of hydrogen-bond acceptors (Lipinski definition) is 3. The lowest BCUT2D eigenvalue weighted by molar-refractivity contribution is -0.139. The lowest BCUT2D eigenvalue weighted by Gasteiger charge is -2.11. The van der Waals surface area contributed by atoms with Gasteiger partial charge in [0.1, 0.15) is 11.4 Å². The second-order valence-corrected chi connectivity index (χ2v) is 4.28. The van der Waals surface area contributed by atoms with Gasteiger partial charge in [0.15, 0.2) is 0 Å². The summed E-state index contributed by atoms with van der Waals surface area (Å²) in [6.07, 6.45) is -3.70. The Labute approximate surface area is 122 Å². The monoisotopic (exact) mass is 315 g/mol. The number of ether oxygens (including phenoxy) is 1. The molecular formula is C14H9F4NO3. The summed E-state index contributed by atoms with van der Waals surface area (Å²) in [5.74, 6) is -2.92. The number of methoxy groups -OCH3 is 1. The fourth-order valence-electron chi connectivity index (χ4n) is 1.85. The topological polar surface area (TPSA) is 59.4 Å². The summed E-state index contributed by atoms with van der Waals surface area (Å²) in [7, 11) is 1.22. The molecule has 2 rings (SSSR count). The molecule has 2 aromatic rings. The predicted molar refractivity (Wildman–Crippen MR) is 68.1 cm³/mol. The van der Waals surface area contributed by atoms with Gasteiger partial charge >= 0.3 is 12.1 Å². The molecule has 0 aliphatic heterocycles. The van der Waals surface area contributed by atoms with Crippen LogP contribution in [0.5, 0.6) is 5.88 Å². The summed E-state index contributed by atoms with van der Waals surface area (Å²) in [5, 5.41) is 9.04. The Balaban J connectivity index is 2.58. The normalized spacial score (nSPS) is 11.3. The van der Waals surface area contributed by atoms with Gasteiger partial charge in [-0.15, -0.1) is 0 Å². The third-order valence-electron chi connectivity index (χ3n) is 2.88. The number of rotatable bonds is 3. The molecule has 0 bridgehead atoms. The summed E-state index contributed by atoms with van der Waals surface area (Å²) in [4.78, 5) is 14.8. The molecule has 4 nitrogen and oxygen atoms in total. The van der Waals surface area contributed by atoms with Crippen molar-refractivity contribution in [2.24, 2.45) is 0 Å². The van der Waals surface area contributed by atoms with E-state index < -0.39 is 23.5 Å². The van der Waals surface area contributed by atoms with Crippen LogP contribution in [0.1, 0.15) is 15.9 Å². The molecule has 0 atom stereocenters. The Hall–Kier alpha value is -2.64. The molecule has 0 aliphatic rings. The van der Waals surface area contributed by atoms with Crippen LogP contribution in [0.4, 0.5) is 17.6 Å². The Bertz CT molecular complexity index is 729. The standard InChI is InChI=1S/C14H9F4NO3/c1-22-12-9(13(20)21)4-8(6-19-12)7-2-3-11(15)10(5-7)14(16,17)18/h2-6H,1H3,(H,20,21). The molecule has 1 aromatic heterocycles. The zero-order valence-electron chi connectivity index (χ0n) is 11.1. The quantitative estimate of drug-likeness (QED) is 0.879. The number of hydrogen-bond donors (Lipinski definition) is 1. The van der Waals surface area contributed by atoms with Crippen LogP contribution in [0.15, 0.2) is 30.5 Å². The fourth-order valence-corrected chi connectivity index (χ4v) is 1.85. The lowest BCUT2D eigenvalue weighted by Crippen LogP contribution is -2.08. The first-order chi connectivity index (χ1) is 10.2. The van der Waals surface area contributed by atoms with E-state index in [4.69, 9.17) is 9.84 Å². The third-order valence-corrected chi connectivity index (χ3v) is 2.88. The largest absolute Gasteiger partial charge is 0.480 e. The Morgan fingerprint density at radius 3 is 2.45 bits per heavy atom. The van der Waals surface area contributed by atoms with Crippen LogP contribution < -0.4 is 4.74 Å². The van der Waals surface area contributed by atoms with Gasteiger partial charge in [0, 0.05) is 11.8 Å². The van der Waals surface area contributed by atoms with Gasteiger partial charge in [-0.25, -0.2) is 14.2 Å². The van der Waals surface area contributed by atoms with Crippen molar-refractivity contribution in [2.45, 2.75) is 6.18 Å². The number of aromatic nitrogens is 1. The molecule has 0 unspecified atom stereocenters. The number of aromatic carboxylic acids is 1. The molecule has 22 heavy (non-hydrogen) atoms. The van der Waals surface area contributed by atoms with E-state index >= 15 is 0 Å². The summed E-state index contributed by atoms with van der Waals surface area (Å²) in [6.45, 7) is 0. The van der Waals surface area contributed by atoms with Crippen LogP contribution >= 0.6 is 0 Å². The molecule has 1 aromatic carbocycles. The first kappa shape index (κ1) is 15.7. The van der Waals surface area contributed by atoms with Crippen molar-refractivity contribution >= 4 is 5.97 Å².